The molecule has 2 rings (SSSR count). The summed E-state index contributed by atoms with van der Waals surface area (Å²) in [5.41, 5.74) is 0.918. The van der Waals surface area contributed by atoms with Crippen LogP contribution in [0.15, 0.2) is 17.0 Å². The normalized spacial score (nSPS) is 23.7. The lowest BCUT2D eigenvalue weighted by Gasteiger charge is -2.37. The first-order chi connectivity index (χ1) is 9.23. The lowest BCUT2D eigenvalue weighted by atomic mass is 10.1. The molecule has 2 atom stereocenters. The standard InChI is InChI=1S/C14H21FN2O2S.ClH/c1-9-5-13(15)6-10(2)14(9)20(18,19)17-8-11(3)16-7-12(17)4;/h5-6,11-12,16H,7-8H2,1-4H3;1H. The fourth-order valence-electron chi connectivity index (χ4n) is 2.74. The monoisotopic (exact) mass is 336 g/mol. The highest BCUT2D eigenvalue weighted by atomic mass is 35.5. The number of rotatable bonds is 2. The van der Waals surface area contributed by atoms with Gasteiger partial charge in [-0.25, -0.2) is 12.8 Å². The van der Waals surface area contributed by atoms with E-state index in [1.54, 1.807) is 13.8 Å². The quantitative estimate of drug-likeness (QED) is 0.901. The lowest BCUT2D eigenvalue weighted by Crippen LogP contribution is -2.56. The average molecular weight is 337 g/mol. The zero-order valence-electron chi connectivity index (χ0n) is 12.7. The third-order valence-corrected chi connectivity index (χ3v) is 5.99. The van der Waals surface area contributed by atoms with E-state index in [1.165, 1.54) is 16.4 Å². The topological polar surface area (TPSA) is 49.4 Å². The third kappa shape index (κ3) is 3.56. The van der Waals surface area contributed by atoms with Crippen LogP contribution in [-0.2, 0) is 10.0 Å². The SMILES string of the molecule is Cc1cc(F)cc(C)c1S(=O)(=O)N1CC(C)NCC1C.Cl. The molecule has 1 saturated heterocycles. The van der Waals surface area contributed by atoms with Crippen LogP contribution in [0.4, 0.5) is 4.39 Å². The fourth-order valence-corrected chi connectivity index (χ4v) is 4.88. The zero-order chi connectivity index (χ0) is 15.1. The molecule has 1 heterocycles. The molecular formula is C14H22ClFN2O2S. The number of benzene rings is 1. The molecule has 7 heteroatoms. The summed E-state index contributed by atoms with van der Waals surface area (Å²) in [7, 11) is -3.60. The van der Waals surface area contributed by atoms with E-state index >= 15 is 0 Å². The molecule has 120 valence electrons. The number of piperazine rings is 1. The van der Waals surface area contributed by atoms with Gasteiger partial charge in [0, 0.05) is 25.2 Å². The van der Waals surface area contributed by atoms with Gasteiger partial charge in [-0.05, 0) is 51.0 Å². The van der Waals surface area contributed by atoms with Crippen LogP contribution in [-0.4, -0.2) is 37.9 Å². The van der Waals surface area contributed by atoms with Crippen molar-refractivity contribution in [1.82, 2.24) is 9.62 Å². The van der Waals surface area contributed by atoms with Gasteiger partial charge in [0.2, 0.25) is 10.0 Å². The van der Waals surface area contributed by atoms with Crippen LogP contribution in [0.2, 0.25) is 0 Å². The molecule has 0 saturated carbocycles. The summed E-state index contributed by atoms with van der Waals surface area (Å²) in [4.78, 5) is 0.236. The summed E-state index contributed by atoms with van der Waals surface area (Å²) < 4.78 is 40.6. The van der Waals surface area contributed by atoms with Gasteiger partial charge < -0.3 is 5.32 Å². The van der Waals surface area contributed by atoms with Crippen molar-refractivity contribution in [3.8, 4) is 0 Å². The summed E-state index contributed by atoms with van der Waals surface area (Å²) in [6, 6.07) is 2.55. The number of hydrogen-bond donors (Lipinski definition) is 1. The van der Waals surface area contributed by atoms with Crippen molar-refractivity contribution in [2.24, 2.45) is 0 Å². The van der Waals surface area contributed by atoms with E-state index in [2.05, 4.69) is 5.32 Å². The molecule has 1 aromatic rings. The highest BCUT2D eigenvalue weighted by Crippen LogP contribution is 2.27. The molecule has 1 aromatic carbocycles. The largest absolute Gasteiger partial charge is 0.311 e. The van der Waals surface area contributed by atoms with Crippen LogP contribution in [0.3, 0.4) is 0 Å². The van der Waals surface area contributed by atoms with Crippen LogP contribution >= 0.6 is 12.4 Å². The molecule has 2 unspecified atom stereocenters. The summed E-state index contributed by atoms with van der Waals surface area (Å²) in [6.07, 6.45) is 0. The van der Waals surface area contributed by atoms with E-state index in [-0.39, 0.29) is 29.4 Å². The molecule has 0 radical (unpaired) electrons. The highest BCUT2D eigenvalue weighted by molar-refractivity contribution is 7.89. The first-order valence-corrected chi connectivity index (χ1v) is 8.19. The molecule has 1 N–H and O–H groups in total. The molecule has 4 nitrogen and oxygen atoms in total. The van der Waals surface area contributed by atoms with Gasteiger partial charge in [0.1, 0.15) is 5.82 Å². The molecule has 0 aliphatic carbocycles. The summed E-state index contributed by atoms with van der Waals surface area (Å²) >= 11 is 0. The molecular weight excluding hydrogens is 315 g/mol. The van der Waals surface area contributed by atoms with Crippen molar-refractivity contribution < 1.29 is 12.8 Å². The van der Waals surface area contributed by atoms with Crippen LogP contribution in [0.1, 0.15) is 25.0 Å². The number of hydrogen-bond acceptors (Lipinski definition) is 3. The minimum absolute atomic E-state index is 0. The first kappa shape index (κ1) is 18.4. The Morgan fingerprint density at radius 1 is 1.24 bits per heavy atom. The number of nitrogens with one attached hydrogen (secondary N) is 1. The molecule has 1 aliphatic heterocycles. The second-order valence-corrected chi connectivity index (χ2v) is 7.43. The van der Waals surface area contributed by atoms with Crippen molar-refractivity contribution in [2.45, 2.75) is 44.7 Å². The maximum Gasteiger partial charge on any atom is 0.243 e. The van der Waals surface area contributed by atoms with Gasteiger partial charge >= 0.3 is 0 Å². The van der Waals surface area contributed by atoms with Crippen molar-refractivity contribution in [1.29, 1.82) is 0 Å². The molecule has 1 fully saturated rings. The van der Waals surface area contributed by atoms with E-state index in [4.69, 9.17) is 0 Å². The number of sulfonamides is 1. The third-order valence-electron chi connectivity index (χ3n) is 3.70. The Bertz CT molecular complexity index is 598. The van der Waals surface area contributed by atoms with Crippen molar-refractivity contribution in [3.63, 3.8) is 0 Å². The molecule has 0 spiro atoms. The Morgan fingerprint density at radius 2 is 1.76 bits per heavy atom. The minimum Gasteiger partial charge on any atom is -0.311 e. The van der Waals surface area contributed by atoms with Crippen LogP contribution in [0.5, 0.6) is 0 Å². The van der Waals surface area contributed by atoms with E-state index < -0.39 is 15.8 Å². The van der Waals surface area contributed by atoms with Gasteiger partial charge in [-0.15, -0.1) is 12.4 Å². The van der Waals surface area contributed by atoms with E-state index in [0.29, 0.717) is 24.2 Å². The summed E-state index contributed by atoms with van der Waals surface area (Å²) in [5.74, 6) is -0.402. The fraction of sp³-hybridized carbons (Fsp3) is 0.571. The maximum atomic E-state index is 13.4. The number of nitrogens with zero attached hydrogens (tertiary/aromatic N) is 1. The van der Waals surface area contributed by atoms with Gasteiger partial charge in [0.05, 0.1) is 4.90 Å². The van der Waals surface area contributed by atoms with Crippen molar-refractivity contribution >= 4 is 22.4 Å². The Hall–Kier alpha value is -0.690. The second-order valence-electron chi connectivity index (χ2n) is 5.60. The van der Waals surface area contributed by atoms with Gasteiger partial charge in [0.15, 0.2) is 0 Å². The maximum absolute atomic E-state index is 13.4. The van der Waals surface area contributed by atoms with E-state index in [9.17, 15) is 12.8 Å². The van der Waals surface area contributed by atoms with Gasteiger partial charge in [-0.2, -0.15) is 4.31 Å². The molecule has 0 amide bonds. The Morgan fingerprint density at radius 3 is 2.29 bits per heavy atom. The first-order valence-electron chi connectivity index (χ1n) is 6.75. The molecule has 1 aliphatic rings. The molecule has 0 aromatic heterocycles. The second kappa shape index (κ2) is 6.60. The zero-order valence-corrected chi connectivity index (χ0v) is 14.3. The Kier molecular flexibility index (Phi) is 5.77. The average Bonchev–Trinajstić information content (AvgIpc) is 2.30. The summed E-state index contributed by atoms with van der Waals surface area (Å²) in [6.45, 7) is 8.17. The predicted octanol–water partition coefficient (Wildman–Crippen LogP) is 2.24. The smallest absolute Gasteiger partial charge is 0.243 e. The highest BCUT2D eigenvalue weighted by Gasteiger charge is 2.35. The minimum atomic E-state index is -3.60. The molecule has 21 heavy (non-hydrogen) atoms. The predicted molar refractivity (Wildman–Crippen MR) is 83.9 cm³/mol. The number of aryl methyl sites for hydroxylation is 2. The van der Waals surface area contributed by atoms with Crippen molar-refractivity contribution in [2.75, 3.05) is 13.1 Å². The number of halogens is 2. The van der Waals surface area contributed by atoms with Crippen LogP contribution in [0, 0.1) is 19.7 Å². The molecule has 0 bridgehead atoms. The van der Waals surface area contributed by atoms with Crippen LogP contribution < -0.4 is 5.32 Å². The van der Waals surface area contributed by atoms with Gasteiger partial charge in [0.25, 0.3) is 0 Å². The van der Waals surface area contributed by atoms with E-state index in [1.807, 2.05) is 13.8 Å². The van der Waals surface area contributed by atoms with Gasteiger partial charge in [-0.1, -0.05) is 0 Å². The summed E-state index contributed by atoms with van der Waals surface area (Å²) in [5, 5.41) is 3.26. The van der Waals surface area contributed by atoms with E-state index in [0.717, 1.165) is 0 Å². The Labute approximate surface area is 132 Å². The van der Waals surface area contributed by atoms with Crippen molar-refractivity contribution in [3.05, 3.63) is 29.1 Å². The Balaban J connectivity index is 0.00000220. The van der Waals surface area contributed by atoms with Crippen LogP contribution in [0.25, 0.3) is 0 Å². The lowest BCUT2D eigenvalue weighted by molar-refractivity contribution is 0.244. The van der Waals surface area contributed by atoms with Gasteiger partial charge in [-0.3, -0.25) is 0 Å².